The molecule has 1 aromatic carbocycles. The molecule has 11 nitrogen and oxygen atoms in total. The summed E-state index contributed by atoms with van der Waals surface area (Å²) in [6.45, 7) is -0.285. The van der Waals surface area contributed by atoms with Crippen LogP contribution in [0.3, 0.4) is 0 Å². The molecule has 5 atom stereocenters. The van der Waals surface area contributed by atoms with Crippen molar-refractivity contribution >= 4 is 29.0 Å². The Morgan fingerprint density at radius 3 is 2.75 bits per heavy atom. The highest BCUT2D eigenvalue weighted by Gasteiger charge is 2.45. The number of aliphatic hydroxyl groups excluding tert-OH is 2. The fourth-order valence-electron chi connectivity index (χ4n) is 7.26. The third-order valence-electron chi connectivity index (χ3n) is 9.59. The van der Waals surface area contributed by atoms with Gasteiger partial charge in [-0.1, -0.05) is 30.3 Å². The van der Waals surface area contributed by atoms with Gasteiger partial charge in [0.1, 0.15) is 48.4 Å². The van der Waals surface area contributed by atoms with Gasteiger partial charge in [0, 0.05) is 43.9 Å². The molecule has 0 bridgehead atoms. The topological polar surface area (TPSA) is 132 Å². The van der Waals surface area contributed by atoms with Gasteiger partial charge in [0.2, 0.25) is 11.8 Å². The number of carbonyl (C=O) groups is 2. The maximum absolute atomic E-state index is 14.2. The van der Waals surface area contributed by atoms with E-state index in [0.717, 1.165) is 10.4 Å². The summed E-state index contributed by atoms with van der Waals surface area (Å²) >= 11 is 1.54. The van der Waals surface area contributed by atoms with Crippen molar-refractivity contribution < 1.29 is 42.1 Å². The van der Waals surface area contributed by atoms with E-state index in [-0.39, 0.29) is 32.0 Å². The van der Waals surface area contributed by atoms with Crippen molar-refractivity contribution in [3.8, 4) is 16.4 Å². The maximum Gasteiger partial charge on any atom is 0.405 e. The Hall–Kier alpha value is -4.28. The van der Waals surface area contributed by atoms with Crippen LogP contribution in [0.5, 0.6) is 5.75 Å². The lowest BCUT2D eigenvalue weighted by molar-refractivity contribution is -0.143. The molecule has 0 radical (unpaired) electrons. The fraction of sp³-hybridized carbons (Fsp3) is 0.417. The molecule has 3 aliphatic rings. The zero-order chi connectivity index (χ0) is 35.7. The summed E-state index contributed by atoms with van der Waals surface area (Å²) in [4.78, 5) is 38.1. The van der Waals surface area contributed by atoms with Crippen molar-refractivity contribution in [2.45, 2.75) is 49.9 Å². The van der Waals surface area contributed by atoms with E-state index in [2.05, 4.69) is 4.98 Å². The van der Waals surface area contributed by atoms with E-state index in [0.29, 0.717) is 54.7 Å². The number of rotatable bonds is 10. The molecule has 7 rings (SSSR count). The Balaban J connectivity index is 1.06. The van der Waals surface area contributed by atoms with Gasteiger partial charge >= 0.3 is 6.18 Å². The van der Waals surface area contributed by atoms with Crippen LogP contribution in [-0.4, -0.2) is 101 Å². The number of hydrogen-bond donors (Lipinski definition) is 3. The van der Waals surface area contributed by atoms with Crippen molar-refractivity contribution in [3.05, 3.63) is 89.1 Å². The number of thiophene rings is 1. The number of hydrogen-bond acceptors (Lipinski definition) is 10. The van der Waals surface area contributed by atoms with Gasteiger partial charge in [0.15, 0.2) is 0 Å². The lowest BCUT2D eigenvalue weighted by Gasteiger charge is -2.43. The number of piperazine rings is 1. The molecular formula is C36H38F3N5O6S. The molecule has 6 heterocycles. The predicted octanol–water partition coefficient (Wildman–Crippen LogP) is 4.02. The number of alkyl halides is 3. The van der Waals surface area contributed by atoms with Crippen molar-refractivity contribution in [3.63, 3.8) is 0 Å². The molecular weight excluding hydrogens is 687 g/mol. The van der Waals surface area contributed by atoms with Crippen LogP contribution in [0.1, 0.15) is 29.3 Å². The molecule has 3 aromatic heterocycles. The van der Waals surface area contributed by atoms with E-state index >= 15 is 0 Å². The zero-order valence-corrected chi connectivity index (χ0v) is 28.4. The summed E-state index contributed by atoms with van der Waals surface area (Å²) in [5, 5.41) is 26.5. The average molecular weight is 726 g/mol. The molecule has 0 saturated carbocycles. The second-order valence-corrected chi connectivity index (χ2v) is 14.1. The summed E-state index contributed by atoms with van der Waals surface area (Å²) in [5.41, 5.74) is 1.42. The molecule has 1 saturated heterocycles. The zero-order valence-electron chi connectivity index (χ0n) is 27.5. The molecule has 0 aliphatic carbocycles. The molecule has 2 amide bonds. The summed E-state index contributed by atoms with van der Waals surface area (Å²) in [6, 6.07) is 16.7. The Bertz CT molecular complexity index is 1840. The summed E-state index contributed by atoms with van der Waals surface area (Å²) in [6.07, 6.45) is -4.79. The van der Waals surface area contributed by atoms with Crippen LogP contribution in [0.15, 0.2) is 76.7 Å². The second kappa shape index (κ2) is 14.8. The number of pyridine rings is 1. The molecule has 3 N–H and O–H groups in total. The lowest BCUT2D eigenvalue weighted by atomic mass is 9.86. The van der Waals surface area contributed by atoms with Crippen LogP contribution in [0.4, 0.5) is 19.0 Å². The van der Waals surface area contributed by atoms with Crippen LogP contribution in [0.25, 0.3) is 10.6 Å². The number of aliphatic hydroxyl groups is 2. The van der Waals surface area contributed by atoms with E-state index in [1.54, 1.807) is 46.7 Å². The van der Waals surface area contributed by atoms with Gasteiger partial charge < -0.3 is 24.7 Å². The minimum absolute atomic E-state index is 0.0135. The highest BCUT2D eigenvalue weighted by Crippen LogP contribution is 2.42. The number of carbonyl (C=O) groups excluding carboxylic acids is 2. The highest BCUT2D eigenvalue weighted by atomic mass is 32.1. The normalized spacial score (nSPS) is 23.3. The molecule has 15 heteroatoms. The number of nitrogens with one attached hydrogen (secondary N) is 1. The maximum atomic E-state index is 14.2. The van der Waals surface area contributed by atoms with Gasteiger partial charge in [-0.05, 0) is 54.1 Å². The van der Waals surface area contributed by atoms with Crippen LogP contribution in [0.2, 0.25) is 0 Å². The first-order chi connectivity index (χ1) is 24.5. The number of benzene rings is 1. The number of amides is 2. The van der Waals surface area contributed by atoms with Crippen molar-refractivity contribution in [1.82, 2.24) is 20.1 Å². The monoisotopic (exact) mass is 725 g/mol. The minimum Gasteiger partial charge on any atom is -0.490 e. The number of β-amino-alcohol motifs (C(OH)–C–C–N with tert-alkyl or cyclic N) is 1. The van der Waals surface area contributed by atoms with Crippen molar-refractivity contribution in [1.29, 1.82) is 0 Å². The van der Waals surface area contributed by atoms with E-state index < -0.39 is 48.8 Å². The first-order valence-corrected chi connectivity index (χ1v) is 17.7. The average Bonchev–Trinajstić information content (AvgIpc) is 3.81. The number of nitrogens with zero attached hydrogens (tertiary/aromatic N) is 4. The Kier molecular flexibility index (Phi) is 10.2. The van der Waals surface area contributed by atoms with Crippen LogP contribution >= 0.6 is 11.3 Å². The molecule has 4 aromatic rings. The van der Waals surface area contributed by atoms with Gasteiger partial charge in [0.05, 0.1) is 23.6 Å². The summed E-state index contributed by atoms with van der Waals surface area (Å²) in [5.74, 6) is 0.574. The molecule has 3 aliphatic heterocycles. The Morgan fingerprint density at radius 2 is 1.94 bits per heavy atom. The number of aromatic nitrogens is 1. The Labute approximate surface area is 296 Å². The van der Waals surface area contributed by atoms with Gasteiger partial charge in [-0.25, -0.2) is 4.98 Å². The third-order valence-corrected chi connectivity index (χ3v) is 10.5. The number of para-hydroxylation sites is 1. The minimum atomic E-state index is -4.59. The molecule has 0 unspecified atom stereocenters. The van der Waals surface area contributed by atoms with Gasteiger partial charge in [-0.3, -0.25) is 24.3 Å². The lowest BCUT2D eigenvalue weighted by Crippen LogP contribution is -2.60. The highest BCUT2D eigenvalue weighted by molar-refractivity contribution is 7.13. The van der Waals surface area contributed by atoms with E-state index in [4.69, 9.17) is 9.15 Å². The quantitative estimate of drug-likeness (QED) is 0.222. The number of furan rings is 1. The van der Waals surface area contributed by atoms with Gasteiger partial charge in [-0.15, -0.1) is 11.3 Å². The number of fused-ring (bicyclic) bond motifs is 2. The molecule has 1 fully saturated rings. The van der Waals surface area contributed by atoms with Crippen molar-refractivity contribution in [2.75, 3.05) is 44.2 Å². The molecule has 51 heavy (non-hydrogen) atoms. The van der Waals surface area contributed by atoms with Gasteiger partial charge in [0.25, 0.3) is 0 Å². The standard InChI is InChI=1S/C36H38F3N5O6S/c37-36(38,39)21-41-34(47)27-19-42(18-25-9-10-30(50-25)31-8-4-14-51-31)12-13-43(27)17-24(45)16-23-15-22-5-3-11-40-33(22)44(35(23)48)32-26-6-1-2-7-29(26)49-20-28(32)46/h1-11,14,23-24,27-28,32,45-46H,12-13,15-21H2,(H,41,47)/t23-,24+,27+,28-,32+/m1/s1. The fourth-order valence-corrected chi connectivity index (χ4v) is 7.94. The van der Waals surface area contributed by atoms with E-state index in [1.807, 2.05) is 52.0 Å². The van der Waals surface area contributed by atoms with E-state index in [9.17, 15) is 33.0 Å². The Morgan fingerprint density at radius 1 is 1.10 bits per heavy atom. The third kappa shape index (κ3) is 7.82. The smallest absolute Gasteiger partial charge is 0.405 e. The van der Waals surface area contributed by atoms with Crippen LogP contribution in [-0.2, 0) is 22.6 Å². The SMILES string of the molecule is O=C(NCC(F)(F)F)[C@@H]1CN(Cc2ccc(-c3cccs3)o2)CCN1C[C@@H](O)C[C@H]1Cc2cccnc2N([C@H]2c3ccccc3OC[C@H]2O)C1=O. The van der Waals surface area contributed by atoms with E-state index in [1.165, 1.54) is 4.90 Å². The number of anilines is 1. The van der Waals surface area contributed by atoms with Crippen molar-refractivity contribution in [2.24, 2.45) is 5.92 Å². The number of ether oxygens (including phenoxy) is 1. The molecule has 270 valence electrons. The predicted molar refractivity (Wildman–Crippen MR) is 182 cm³/mol. The van der Waals surface area contributed by atoms with Crippen LogP contribution < -0.4 is 15.0 Å². The van der Waals surface area contributed by atoms with Crippen LogP contribution in [0, 0.1) is 5.92 Å². The summed E-state index contributed by atoms with van der Waals surface area (Å²) in [7, 11) is 0. The number of halogens is 3. The second-order valence-electron chi connectivity index (χ2n) is 13.2. The largest absolute Gasteiger partial charge is 0.490 e. The first-order valence-electron chi connectivity index (χ1n) is 16.8. The van der Waals surface area contributed by atoms with Gasteiger partial charge in [-0.2, -0.15) is 13.2 Å². The summed E-state index contributed by atoms with van der Waals surface area (Å²) < 4.78 is 51.0. The first kappa shape index (κ1) is 35.1. The molecule has 0 spiro atoms.